The number of ether oxygens (including phenoxy) is 2. The van der Waals surface area contributed by atoms with Crippen molar-refractivity contribution in [3.05, 3.63) is 65.0 Å². The van der Waals surface area contributed by atoms with Crippen LogP contribution in [-0.4, -0.2) is 38.1 Å². The van der Waals surface area contributed by atoms with Gasteiger partial charge in [-0.25, -0.2) is 4.39 Å². The van der Waals surface area contributed by atoms with Crippen molar-refractivity contribution < 1.29 is 23.5 Å². The molecule has 0 fully saturated rings. The van der Waals surface area contributed by atoms with Crippen molar-refractivity contribution in [1.29, 1.82) is 0 Å². The van der Waals surface area contributed by atoms with Crippen LogP contribution in [0.15, 0.2) is 42.5 Å². The topological polar surface area (TPSA) is 76.7 Å². The van der Waals surface area contributed by atoms with Crippen LogP contribution < -0.4 is 15.4 Å². The monoisotopic (exact) mass is 388 g/mol. The molecular weight excluding hydrogens is 363 g/mol. The van der Waals surface area contributed by atoms with Crippen LogP contribution in [0.5, 0.6) is 5.75 Å². The normalized spacial score (nSPS) is 11.6. The minimum Gasteiger partial charge on any atom is -0.497 e. The van der Waals surface area contributed by atoms with E-state index in [4.69, 9.17) is 9.47 Å². The molecule has 0 saturated heterocycles. The summed E-state index contributed by atoms with van der Waals surface area (Å²) in [6.45, 7) is 4.03. The maximum absolute atomic E-state index is 13.5. The van der Waals surface area contributed by atoms with Gasteiger partial charge in [-0.1, -0.05) is 18.2 Å². The molecule has 0 radical (unpaired) electrons. The van der Waals surface area contributed by atoms with Crippen molar-refractivity contribution in [3.8, 4) is 5.75 Å². The fourth-order valence-electron chi connectivity index (χ4n) is 2.40. The highest BCUT2D eigenvalue weighted by molar-refractivity contribution is 5.94. The van der Waals surface area contributed by atoms with E-state index in [1.54, 1.807) is 33.1 Å². The smallest absolute Gasteiger partial charge is 0.251 e. The van der Waals surface area contributed by atoms with E-state index in [0.29, 0.717) is 5.56 Å². The first-order valence-corrected chi connectivity index (χ1v) is 8.97. The summed E-state index contributed by atoms with van der Waals surface area (Å²) in [6.07, 6.45) is -0.645. The highest BCUT2D eigenvalue weighted by atomic mass is 19.1. The Bertz CT molecular complexity index is 826. The van der Waals surface area contributed by atoms with Gasteiger partial charge in [-0.05, 0) is 49.2 Å². The number of halogens is 1. The Morgan fingerprint density at radius 3 is 2.57 bits per heavy atom. The molecule has 2 amide bonds. The van der Waals surface area contributed by atoms with Crippen LogP contribution in [0.2, 0.25) is 0 Å². The third-order valence-electron chi connectivity index (χ3n) is 4.15. The van der Waals surface area contributed by atoms with E-state index >= 15 is 0 Å². The first-order valence-electron chi connectivity index (χ1n) is 8.97. The fraction of sp³-hybridized carbons (Fsp3) is 0.333. The highest BCUT2D eigenvalue weighted by Crippen LogP contribution is 2.14. The van der Waals surface area contributed by atoms with E-state index in [2.05, 4.69) is 10.6 Å². The van der Waals surface area contributed by atoms with Crippen LogP contribution in [0.25, 0.3) is 0 Å². The first kappa shape index (κ1) is 21.4. The Morgan fingerprint density at radius 1 is 1.11 bits per heavy atom. The summed E-state index contributed by atoms with van der Waals surface area (Å²) in [7, 11) is 1.59. The SMILES string of the molecule is COc1cccc(COC(C)C(=O)NCCNC(=O)c2ccc(C)c(F)c2)c1. The van der Waals surface area contributed by atoms with Gasteiger partial charge in [0, 0.05) is 18.7 Å². The average molecular weight is 388 g/mol. The molecule has 1 atom stereocenters. The molecule has 1 unspecified atom stereocenters. The zero-order valence-electron chi connectivity index (χ0n) is 16.3. The number of aryl methyl sites for hydroxylation is 1. The predicted octanol–water partition coefficient (Wildman–Crippen LogP) is 2.59. The fourth-order valence-corrected chi connectivity index (χ4v) is 2.40. The number of hydrogen-bond donors (Lipinski definition) is 2. The zero-order valence-corrected chi connectivity index (χ0v) is 16.3. The quantitative estimate of drug-likeness (QED) is 0.648. The van der Waals surface area contributed by atoms with Crippen molar-refractivity contribution in [2.24, 2.45) is 0 Å². The summed E-state index contributed by atoms with van der Waals surface area (Å²) < 4.78 is 24.2. The molecule has 0 aromatic heterocycles. The molecule has 0 aliphatic heterocycles. The number of amides is 2. The van der Waals surface area contributed by atoms with Crippen LogP contribution in [0.3, 0.4) is 0 Å². The molecule has 0 aliphatic rings. The maximum Gasteiger partial charge on any atom is 0.251 e. The van der Waals surface area contributed by atoms with Crippen LogP contribution in [0.4, 0.5) is 4.39 Å². The van der Waals surface area contributed by atoms with E-state index in [0.717, 1.165) is 11.3 Å². The summed E-state index contributed by atoms with van der Waals surface area (Å²) in [5.74, 6) is -0.376. The first-order chi connectivity index (χ1) is 13.4. The molecule has 2 rings (SSSR count). The molecule has 150 valence electrons. The lowest BCUT2D eigenvalue weighted by Gasteiger charge is -2.14. The second-order valence-electron chi connectivity index (χ2n) is 6.32. The third-order valence-corrected chi connectivity index (χ3v) is 4.15. The lowest BCUT2D eigenvalue weighted by atomic mass is 10.1. The summed E-state index contributed by atoms with van der Waals surface area (Å²) in [5.41, 5.74) is 1.62. The number of hydrogen-bond acceptors (Lipinski definition) is 4. The van der Waals surface area contributed by atoms with Gasteiger partial charge >= 0.3 is 0 Å². The van der Waals surface area contributed by atoms with E-state index < -0.39 is 17.8 Å². The number of nitrogens with one attached hydrogen (secondary N) is 2. The molecule has 0 spiro atoms. The van der Waals surface area contributed by atoms with Gasteiger partial charge in [-0.15, -0.1) is 0 Å². The Morgan fingerprint density at radius 2 is 1.86 bits per heavy atom. The minimum atomic E-state index is -0.645. The van der Waals surface area contributed by atoms with E-state index in [1.165, 1.54) is 6.07 Å². The largest absolute Gasteiger partial charge is 0.497 e. The number of carbonyl (C=O) groups is 2. The summed E-state index contributed by atoms with van der Waals surface area (Å²) in [5, 5.41) is 5.33. The molecule has 0 heterocycles. The number of rotatable bonds is 9. The molecule has 2 aromatic carbocycles. The van der Waals surface area contributed by atoms with Crippen molar-refractivity contribution in [1.82, 2.24) is 10.6 Å². The Kier molecular flexibility index (Phi) is 7.95. The molecule has 2 aromatic rings. The van der Waals surface area contributed by atoms with Gasteiger partial charge in [-0.3, -0.25) is 9.59 Å². The average Bonchev–Trinajstić information content (AvgIpc) is 2.71. The van der Waals surface area contributed by atoms with Gasteiger partial charge in [0.2, 0.25) is 5.91 Å². The maximum atomic E-state index is 13.5. The van der Waals surface area contributed by atoms with Crippen LogP contribution in [0, 0.1) is 12.7 Å². The predicted molar refractivity (Wildman–Crippen MR) is 104 cm³/mol. The van der Waals surface area contributed by atoms with Gasteiger partial charge in [0.1, 0.15) is 17.7 Å². The van der Waals surface area contributed by atoms with Crippen molar-refractivity contribution in [3.63, 3.8) is 0 Å². The van der Waals surface area contributed by atoms with Gasteiger partial charge in [0.05, 0.1) is 13.7 Å². The summed E-state index contributed by atoms with van der Waals surface area (Å²) >= 11 is 0. The molecule has 6 nitrogen and oxygen atoms in total. The lowest BCUT2D eigenvalue weighted by Crippen LogP contribution is -2.39. The van der Waals surface area contributed by atoms with Crippen molar-refractivity contribution in [2.45, 2.75) is 26.6 Å². The number of benzene rings is 2. The highest BCUT2D eigenvalue weighted by Gasteiger charge is 2.13. The second-order valence-corrected chi connectivity index (χ2v) is 6.32. The zero-order chi connectivity index (χ0) is 20.5. The van der Waals surface area contributed by atoms with Gasteiger partial charge < -0.3 is 20.1 Å². The molecular formula is C21H25FN2O4. The van der Waals surface area contributed by atoms with Crippen LogP contribution in [0.1, 0.15) is 28.4 Å². The van der Waals surface area contributed by atoms with Gasteiger partial charge in [0.15, 0.2) is 0 Å². The molecule has 7 heteroatoms. The summed E-state index contributed by atoms with van der Waals surface area (Å²) in [4.78, 5) is 24.0. The van der Waals surface area contributed by atoms with Gasteiger partial charge in [0.25, 0.3) is 5.91 Å². The summed E-state index contributed by atoms with van der Waals surface area (Å²) in [6, 6.07) is 11.7. The third kappa shape index (κ3) is 6.35. The van der Waals surface area contributed by atoms with E-state index in [-0.39, 0.29) is 31.2 Å². The van der Waals surface area contributed by atoms with Crippen molar-refractivity contribution >= 4 is 11.8 Å². The molecule has 2 N–H and O–H groups in total. The Balaban J connectivity index is 1.69. The standard InChI is InChI=1S/C21H25FN2O4/c1-14-7-8-17(12-19(14)22)21(26)24-10-9-23-20(25)15(2)28-13-16-5-4-6-18(11-16)27-3/h4-8,11-12,15H,9-10,13H2,1-3H3,(H,23,25)(H,24,26). The second kappa shape index (κ2) is 10.4. The van der Waals surface area contributed by atoms with Crippen LogP contribution >= 0.6 is 0 Å². The number of methoxy groups -OCH3 is 1. The van der Waals surface area contributed by atoms with Crippen molar-refractivity contribution in [2.75, 3.05) is 20.2 Å². The van der Waals surface area contributed by atoms with Crippen LogP contribution in [-0.2, 0) is 16.1 Å². The molecule has 0 aliphatic carbocycles. The minimum absolute atomic E-state index is 0.225. The Labute approximate surface area is 164 Å². The molecule has 0 saturated carbocycles. The molecule has 0 bridgehead atoms. The lowest BCUT2D eigenvalue weighted by molar-refractivity contribution is -0.132. The van der Waals surface area contributed by atoms with E-state index in [1.807, 2.05) is 24.3 Å². The Hall–Kier alpha value is -2.93. The number of carbonyl (C=O) groups excluding carboxylic acids is 2. The van der Waals surface area contributed by atoms with E-state index in [9.17, 15) is 14.0 Å². The molecule has 28 heavy (non-hydrogen) atoms. The van der Waals surface area contributed by atoms with Gasteiger partial charge in [-0.2, -0.15) is 0 Å².